The Balaban J connectivity index is 2.94. The third kappa shape index (κ3) is 3.37. The lowest BCUT2D eigenvalue weighted by Crippen LogP contribution is -2.42. The Morgan fingerprint density at radius 2 is 2.11 bits per heavy atom. The first-order valence-corrected chi connectivity index (χ1v) is 5.94. The van der Waals surface area contributed by atoms with Gasteiger partial charge in [0.05, 0.1) is 12.3 Å². The predicted octanol–water partition coefficient (Wildman–Crippen LogP) is 1.80. The van der Waals surface area contributed by atoms with Crippen LogP contribution in [0.2, 0.25) is 0 Å². The van der Waals surface area contributed by atoms with Crippen molar-refractivity contribution >= 4 is 17.4 Å². The fourth-order valence-corrected chi connectivity index (χ4v) is 1.37. The molecule has 1 aromatic rings. The van der Waals surface area contributed by atoms with E-state index in [4.69, 9.17) is 15.7 Å². The van der Waals surface area contributed by atoms with Crippen molar-refractivity contribution in [3.63, 3.8) is 0 Å². The molecule has 0 saturated carbocycles. The van der Waals surface area contributed by atoms with E-state index in [0.717, 1.165) is 0 Å². The van der Waals surface area contributed by atoms with Crippen molar-refractivity contribution in [1.82, 2.24) is 0 Å². The summed E-state index contributed by atoms with van der Waals surface area (Å²) < 4.78 is 5.41. The van der Waals surface area contributed by atoms with Crippen molar-refractivity contribution in [3.05, 3.63) is 24.3 Å². The highest BCUT2D eigenvalue weighted by Crippen LogP contribution is 2.26. The Morgan fingerprint density at radius 1 is 1.47 bits per heavy atom. The summed E-state index contributed by atoms with van der Waals surface area (Å²) in [5.41, 5.74) is 4.94. The van der Waals surface area contributed by atoms with Crippen LogP contribution in [0.1, 0.15) is 20.8 Å². The van der Waals surface area contributed by atoms with Crippen LogP contribution < -0.4 is 15.8 Å². The summed E-state index contributed by atoms with van der Waals surface area (Å²) in [6, 6.07) is 7.09. The Morgan fingerprint density at radius 3 is 2.68 bits per heavy atom. The van der Waals surface area contributed by atoms with Gasteiger partial charge in [0, 0.05) is 0 Å². The standard InChI is InChI=1S/C13H19N3O3/c1-4-19-10-8-6-5-7-9(10)15-12(17)13(2,3)11(14)16-18/h5-8,18H,4H2,1-3H3,(H2,14,16)(H,15,17). The molecule has 0 atom stereocenters. The summed E-state index contributed by atoms with van der Waals surface area (Å²) in [4.78, 5) is 12.2. The largest absolute Gasteiger partial charge is 0.492 e. The van der Waals surface area contributed by atoms with Gasteiger partial charge in [0.2, 0.25) is 5.91 Å². The first-order valence-electron chi connectivity index (χ1n) is 5.94. The van der Waals surface area contributed by atoms with Gasteiger partial charge >= 0.3 is 0 Å². The molecule has 0 saturated heterocycles. The van der Waals surface area contributed by atoms with Gasteiger partial charge in [-0.15, -0.1) is 0 Å². The molecule has 0 aromatic heterocycles. The predicted molar refractivity (Wildman–Crippen MR) is 73.4 cm³/mol. The van der Waals surface area contributed by atoms with Crippen molar-refractivity contribution in [3.8, 4) is 5.75 Å². The van der Waals surface area contributed by atoms with Gasteiger partial charge in [-0.2, -0.15) is 0 Å². The van der Waals surface area contributed by atoms with Crippen LogP contribution >= 0.6 is 0 Å². The zero-order chi connectivity index (χ0) is 14.5. The van der Waals surface area contributed by atoms with Gasteiger partial charge < -0.3 is 21.0 Å². The number of hydrogen-bond donors (Lipinski definition) is 3. The lowest BCUT2D eigenvalue weighted by atomic mass is 9.91. The second kappa shape index (κ2) is 6.08. The topological polar surface area (TPSA) is 96.9 Å². The molecule has 0 aliphatic heterocycles. The zero-order valence-corrected chi connectivity index (χ0v) is 11.3. The Kier molecular flexibility index (Phi) is 4.74. The first-order chi connectivity index (χ1) is 8.93. The number of rotatable bonds is 5. The Hall–Kier alpha value is -2.24. The second-order valence-corrected chi connectivity index (χ2v) is 4.49. The normalized spacial score (nSPS) is 12.1. The smallest absolute Gasteiger partial charge is 0.237 e. The van der Waals surface area contributed by atoms with Gasteiger partial charge in [-0.25, -0.2) is 0 Å². The number of carbonyl (C=O) groups is 1. The van der Waals surface area contributed by atoms with Gasteiger partial charge in [0.25, 0.3) is 0 Å². The van der Waals surface area contributed by atoms with E-state index in [0.29, 0.717) is 18.0 Å². The van der Waals surface area contributed by atoms with E-state index < -0.39 is 5.41 Å². The maximum Gasteiger partial charge on any atom is 0.237 e. The van der Waals surface area contributed by atoms with E-state index >= 15 is 0 Å². The van der Waals surface area contributed by atoms with E-state index in [2.05, 4.69) is 10.5 Å². The number of nitrogens with two attached hydrogens (primary N) is 1. The maximum absolute atomic E-state index is 12.2. The van der Waals surface area contributed by atoms with Crippen LogP contribution in [0.25, 0.3) is 0 Å². The fourth-order valence-electron chi connectivity index (χ4n) is 1.37. The third-order valence-corrected chi connectivity index (χ3v) is 2.75. The molecule has 19 heavy (non-hydrogen) atoms. The minimum Gasteiger partial charge on any atom is -0.492 e. The summed E-state index contributed by atoms with van der Waals surface area (Å²) in [5.74, 6) is 0.0440. The average Bonchev–Trinajstić information content (AvgIpc) is 2.40. The van der Waals surface area contributed by atoms with E-state index in [1.165, 1.54) is 0 Å². The molecule has 0 aliphatic rings. The van der Waals surface area contributed by atoms with Gasteiger partial charge in [-0.1, -0.05) is 17.3 Å². The number of amidine groups is 1. The number of anilines is 1. The molecule has 1 rings (SSSR count). The number of oxime groups is 1. The zero-order valence-electron chi connectivity index (χ0n) is 11.3. The second-order valence-electron chi connectivity index (χ2n) is 4.49. The van der Waals surface area contributed by atoms with Crippen molar-refractivity contribution in [2.75, 3.05) is 11.9 Å². The lowest BCUT2D eigenvalue weighted by molar-refractivity contribution is -0.121. The molecule has 0 unspecified atom stereocenters. The maximum atomic E-state index is 12.2. The molecular weight excluding hydrogens is 246 g/mol. The van der Waals surface area contributed by atoms with Crippen LogP contribution in [-0.2, 0) is 4.79 Å². The van der Waals surface area contributed by atoms with Crippen molar-refractivity contribution in [2.45, 2.75) is 20.8 Å². The van der Waals surface area contributed by atoms with Crippen LogP contribution in [-0.4, -0.2) is 23.6 Å². The molecule has 104 valence electrons. The van der Waals surface area contributed by atoms with Gasteiger partial charge in [0.15, 0.2) is 5.84 Å². The molecule has 0 bridgehead atoms. The SMILES string of the molecule is CCOc1ccccc1NC(=O)C(C)(C)C(N)=NO. The highest BCUT2D eigenvalue weighted by molar-refractivity contribution is 6.11. The third-order valence-electron chi connectivity index (χ3n) is 2.75. The number of ether oxygens (including phenoxy) is 1. The monoisotopic (exact) mass is 265 g/mol. The summed E-state index contributed by atoms with van der Waals surface area (Å²) in [6.45, 7) is 5.50. The summed E-state index contributed by atoms with van der Waals surface area (Å²) in [7, 11) is 0. The van der Waals surface area contributed by atoms with Crippen LogP contribution in [0.5, 0.6) is 5.75 Å². The van der Waals surface area contributed by atoms with E-state index in [-0.39, 0.29) is 11.7 Å². The summed E-state index contributed by atoms with van der Waals surface area (Å²) in [5, 5.41) is 14.3. The minimum atomic E-state index is -1.12. The summed E-state index contributed by atoms with van der Waals surface area (Å²) >= 11 is 0. The van der Waals surface area contributed by atoms with E-state index in [1.807, 2.05) is 13.0 Å². The number of benzene rings is 1. The van der Waals surface area contributed by atoms with Crippen molar-refractivity contribution in [1.29, 1.82) is 0 Å². The number of amides is 1. The molecule has 6 heteroatoms. The number of nitrogens with one attached hydrogen (secondary N) is 1. The van der Waals surface area contributed by atoms with E-state index in [9.17, 15) is 4.79 Å². The number of para-hydroxylation sites is 2. The highest BCUT2D eigenvalue weighted by atomic mass is 16.5. The Bertz CT molecular complexity index is 484. The van der Waals surface area contributed by atoms with Gasteiger partial charge in [-0.05, 0) is 32.9 Å². The molecule has 0 spiro atoms. The number of carbonyl (C=O) groups excluding carboxylic acids is 1. The molecule has 0 fully saturated rings. The van der Waals surface area contributed by atoms with Crippen LogP contribution in [0, 0.1) is 5.41 Å². The molecule has 4 N–H and O–H groups in total. The van der Waals surface area contributed by atoms with Crippen LogP contribution in [0.15, 0.2) is 29.4 Å². The van der Waals surface area contributed by atoms with Crippen LogP contribution in [0.3, 0.4) is 0 Å². The number of nitrogens with zero attached hydrogens (tertiary/aromatic N) is 1. The fraction of sp³-hybridized carbons (Fsp3) is 0.385. The Labute approximate surface area is 112 Å². The van der Waals surface area contributed by atoms with Crippen molar-refractivity contribution in [2.24, 2.45) is 16.3 Å². The lowest BCUT2D eigenvalue weighted by Gasteiger charge is -2.22. The number of hydrogen-bond acceptors (Lipinski definition) is 4. The van der Waals surface area contributed by atoms with E-state index in [1.54, 1.807) is 32.0 Å². The first kappa shape index (κ1) is 14.8. The van der Waals surface area contributed by atoms with Gasteiger partial charge in [0.1, 0.15) is 11.2 Å². The van der Waals surface area contributed by atoms with Crippen molar-refractivity contribution < 1.29 is 14.7 Å². The molecule has 0 radical (unpaired) electrons. The minimum absolute atomic E-state index is 0.154. The van der Waals surface area contributed by atoms with Crippen LogP contribution in [0.4, 0.5) is 5.69 Å². The molecular formula is C13H19N3O3. The van der Waals surface area contributed by atoms with Gasteiger partial charge in [-0.3, -0.25) is 4.79 Å². The summed E-state index contributed by atoms with van der Waals surface area (Å²) in [6.07, 6.45) is 0. The molecule has 1 aromatic carbocycles. The molecule has 0 heterocycles. The molecule has 1 amide bonds. The highest BCUT2D eigenvalue weighted by Gasteiger charge is 2.33. The quantitative estimate of drug-likeness (QED) is 0.327. The molecule has 0 aliphatic carbocycles. The average molecular weight is 265 g/mol. The molecule has 6 nitrogen and oxygen atoms in total.